The molecule has 0 unspecified atom stereocenters. The highest BCUT2D eigenvalue weighted by Gasteiger charge is 2.22. The molecule has 0 N–H and O–H groups in total. The zero-order valence-corrected chi connectivity index (χ0v) is 18.7. The molecule has 1 aliphatic heterocycles. The molecule has 4 aromatic rings. The van der Waals surface area contributed by atoms with E-state index in [1.807, 2.05) is 53.4 Å². The number of allylic oxidation sites excluding steroid dienone is 1. The lowest BCUT2D eigenvalue weighted by Crippen LogP contribution is -2.48. The van der Waals surface area contributed by atoms with Crippen molar-refractivity contribution in [1.82, 2.24) is 14.9 Å². The molecule has 0 atom stereocenters. The van der Waals surface area contributed by atoms with Crippen molar-refractivity contribution in [3.05, 3.63) is 108 Å². The minimum atomic E-state index is -0.125. The van der Waals surface area contributed by atoms with Gasteiger partial charge < -0.3 is 9.80 Å². The van der Waals surface area contributed by atoms with Crippen molar-refractivity contribution >= 4 is 34.4 Å². The second-order valence-electron chi connectivity index (χ2n) is 8.19. The average Bonchev–Trinajstić information content (AvgIpc) is 2.92. The summed E-state index contributed by atoms with van der Waals surface area (Å²) in [5.74, 6) is -0.135. The molecule has 5 rings (SSSR count). The predicted octanol–water partition coefficient (Wildman–Crippen LogP) is 4.49. The molecule has 0 saturated carbocycles. The van der Waals surface area contributed by atoms with Gasteiger partial charge in [-0.1, -0.05) is 36.4 Å². The van der Waals surface area contributed by atoms with Gasteiger partial charge in [0.1, 0.15) is 0 Å². The zero-order valence-electron chi connectivity index (χ0n) is 18.7. The summed E-state index contributed by atoms with van der Waals surface area (Å²) in [5, 5.41) is 1.06. The highest BCUT2D eigenvalue weighted by atomic mass is 16.2. The number of carbonyl (C=O) groups excluding carboxylic acids is 2. The summed E-state index contributed by atoms with van der Waals surface area (Å²) in [6.45, 7) is 2.87. The summed E-state index contributed by atoms with van der Waals surface area (Å²) < 4.78 is 0. The summed E-state index contributed by atoms with van der Waals surface area (Å²) in [5.41, 5.74) is 3.87. The molecule has 0 spiro atoms. The van der Waals surface area contributed by atoms with E-state index in [1.54, 1.807) is 42.7 Å². The van der Waals surface area contributed by atoms with Gasteiger partial charge in [0, 0.05) is 60.8 Å². The van der Waals surface area contributed by atoms with Crippen LogP contribution in [0.4, 0.5) is 5.69 Å². The van der Waals surface area contributed by atoms with Crippen LogP contribution in [0.15, 0.2) is 91.3 Å². The molecule has 1 fully saturated rings. The fourth-order valence-corrected chi connectivity index (χ4v) is 4.11. The van der Waals surface area contributed by atoms with E-state index in [0.29, 0.717) is 24.2 Å². The first-order valence-corrected chi connectivity index (χ1v) is 11.3. The topological polar surface area (TPSA) is 66.4 Å². The summed E-state index contributed by atoms with van der Waals surface area (Å²) in [6.07, 6.45) is 6.80. The third kappa shape index (κ3) is 4.71. The number of fused-ring (bicyclic) bond motifs is 1. The lowest BCUT2D eigenvalue weighted by atomic mass is 10.1. The highest BCUT2D eigenvalue weighted by molar-refractivity contribution is 6.07. The van der Waals surface area contributed by atoms with Gasteiger partial charge in [-0.3, -0.25) is 14.6 Å². The summed E-state index contributed by atoms with van der Waals surface area (Å²) in [6, 6.07) is 22.6. The Morgan fingerprint density at radius 3 is 2.24 bits per heavy atom. The summed E-state index contributed by atoms with van der Waals surface area (Å²) >= 11 is 0. The van der Waals surface area contributed by atoms with Gasteiger partial charge in [0.2, 0.25) is 0 Å². The van der Waals surface area contributed by atoms with Crippen LogP contribution < -0.4 is 4.90 Å². The Balaban J connectivity index is 1.20. The van der Waals surface area contributed by atoms with Gasteiger partial charge in [-0.2, -0.15) is 0 Å². The van der Waals surface area contributed by atoms with Gasteiger partial charge in [-0.25, -0.2) is 4.98 Å². The van der Waals surface area contributed by atoms with Crippen molar-refractivity contribution in [2.45, 2.75) is 0 Å². The Morgan fingerprint density at radius 2 is 1.47 bits per heavy atom. The van der Waals surface area contributed by atoms with E-state index in [1.165, 1.54) is 6.08 Å². The molecule has 0 radical (unpaired) electrons. The minimum Gasteiger partial charge on any atom is -0.368 e. The van der Waals surface area contributed by atoms with E-state index in [0.717, 1.165) is 35.4 Å². The van der Waals surface area contributed by atoms with Gasteiger partial charge in [-0.05, 0) is 48.6 Å². The molecule has 1 aliphatic rings. The zero-order chi connectivity index (χ0) is 23.3. The van der Waals surface area contributed by atoms with E-state index in [9.17, 15) is 9.59 Å². The standard InChI is InChI=1S/C28H24N4O2/c33-27(12-11-24-10-9-21-3-1-2-4-26(21)30-24)22-5-7-23(8-6-22)28(34)32-19-17-31(18-20-32)25-13-15-29-16-14-25/h1-16H,17-20H2/b12-11+. The van der Waals surface area contributed by atoms with Crippen LogP contribution in [0.1, 0.15) is 26.4 Å². The molecule has 6 heteroatoms. The van der Waals surface area contributed by atoms with Crippen molar-refractivity contribution in [2.24, 2.45) is 0 Å². The number of hydrogen-bond acceptors (Lipinski definition) is 5. The molecule has 3 heterocycles. The number of carbonyl (C=O) groups is 2. The normalized spacial score (nSPS) is 14.0. The number of aromatic nitrogens is 2. The van der Waals surface area contributed by atoms with Gasteiger partial charge in [0.25, 0.3) is 5.91 Å². The van der Waals surface area contributed by atoms with E-state index < -0.39 is 0 Å². The molecular weight excluding hydrogens is 424 g/mol. The van der Waals surface area contributed by atoms with Crippen LogP contribution in [0.3, 0.4) is 0 Å². The predicted molar refractivity (Wildman–Crippen MR) is 134 cm³/mol. The van der Waals surface area contributed by atoms with E-state index in [2.05, 4.69) is 14.9 Å². The van der Waals surface area contributed by atoms with Crippen LogP contribution in [0.5, 0.6) is 0 Å². The Bertz CT molecular complexity index is 1340. The first-order chi connectivity index (χ1) is 16.7. The molecule has 6 nitrogen and oxygen atoms in total. The lowest BCUT2D eigenvalue weighted by molar-refractivity contribution is 0.0746. The lowest BCUT2D eigenvalue weighted by Gasteiger charge is -2.36. The maximum absolute atomic E-state index is 12.9. The quantitative estimate of drug-likeness (QED) is 0.333. The number of ketones is 1. The number of anilines is 1. The third-order valence-corrected chi connectivity index (χ3v) is 6.04. The van der Waals surface area contributed by atoms with Crippen molar-refractivity contribution in [1.29, 1.82) is 0 Å². The fraction of sp³-hybridized carbons (Fsp3) is 0.143. The molecule has 34 heavy (non-hydrogen) atoms. The van der Waals surface area contributed by atoms with Crippen molar-refractivity contribution in [3.8, 4) is 0 Å². The molecular formula is C28H24N4O2. The van der Waals surface area contributed by atoms with Crippen molar-refractivity contribution in [3.63, 3.8) is 0 Å². The number of rotatable bonds is 5. The van der Waals surface area contributed by atoms with E-state index >= 15 is 0 Å². The number of hydrogen-bond donors (Lipinski definition) is 0. The van der Waals surface area contributed by atoms with Gasteiger partial charge >= 0.3 is 0 Å². The second-order valence-corrected chi connectivity index (χ2v) is 8.19. The van der Waals surface area contributed by atoms with Crippen molar-refractivity contribution < 1.29 is 9.59 Å². The maximum Gasteiger partial charge on any atom is 0.253 e. The fourth-order valence-electron chi connectivity index (χ4n) is 4.11. The molecule has 0 aliphatic carbocycles. The van der Waals surface area contributed by atoms with Crippen LogP contribution >= 0.6 is 0 Å². The summed E-state index contributed by atoms with van der Waals surface area (Å²) in [7, 11) is 0. The molecule has 168 valence electrons. The number of para-hydroxylation sites is 1. The Hall–Kier alpha value is -4.32. The minimum absolute atomic E-state index is 0.00992. The summed E-state index contributed by atoms with van der Waals surface area (Å²) in [4.78, 5) is 38.3. The molecule has 2 aromatic heterocycles. The Kier molecular flexibility index (Phi) is 6.12. The van der Waals surface area contributed by atoms with E-state index in [-0.39, 0.29) is 11.7 Å². The first-order valence-electron chi connectivity index (χ1n) is 11.3. The van der Waals surface area contributed by atoms with E-state index in [4.69, 9.17) is 0 Å². The molecule has 1 saturated heterocycles. The monoisotopic (exact) mass is 448 g/mol. The van der Waals surface area contributed by atoms with Gasteiger partial charge in [-0.15, -0.1) is 0 Å². The van der Waals surface area contributed by atoms with Crippen LogP contribution in [0, 0.1) is 0 Å². The van der Waals surface area contributed by atoms with Crippen LogP contribution in [-0.4, -0.2) is 52.7 Å². The Labute approximate surface area is 198 Å². The SMILES string of the molecule is O=C(/C=C/c1ccc2ccccc2n1)c1ccc(C(=O)N2CCN(c3ccncc3)CC2)cc1. The highest BCUT2D eigenvalue weighted by Crippen LogP contribution is 2.17. The van der Waals surface area contributed by atoms with Crippen LogP contribution in [-0.2, 0) is 0 Å². The van der Waals surface area contributed by atoms with Crippen LogP contribution in [0.25, 0.3) is 17.0 Å². The Morgan fingerprint density at radius 1 is 0.765 bits per heavy atom. The van der Waals surface area contributed by atoms with Crippen LogP contribution in [0.2, 0.25) is 0 Å². The maximum atomic E-state index is 12.9. The number of piperazine rings is 1. The largest absolute Gasteiger partial charge is 0.368 e. The molecule has 1 amide bonds. The smallest absolute Gasteiger partial charge is 0.253 e. The van der Waals surface area contributed by atoms with Gasteiger partial charge in [0.05, 0.1) is 11.2 Å². The van der Waals surface area contributed by atoms with Gasteiger partial charge in [0.15, 0.2) is 5.78 Å². The number of amides is 1. The molecule has 2 aromatic carbocycles. The third-order valence-electron chi connectivity index (χ3n) is 6.04. The number of pyridine rings is 2. The first kappa shape index (κ1) is 21.5. The average molecular weight is 449 g/mol. The van der Waals surface area contributed by atoms with Crippen molar-refractivity contribution in [2.75, 3.05) is 31.1 Å². The number of benzene rings is 2. The second kappa shape index (κ2) is 9.67. The molecule has 0 bridgehead atoms. The number of nitrogens with zero attached hydrogens (tertiary/aromatic N) is 4.